The summed E-state index contributed by atoms with van der Waals surface area (Å²) in [5.41, 5.74) is 2.32. The number of hydrogen-bond donors (Lipinski definition) is 0. The average Bonchev–Trinajstić information content (AvgIpc) is 2.48. The van der Waals surface area contributed by atoms with Crippen LogP contribution >= 0.6 is 0 Å². The van der Waals surface area contributed by atoms with Gasteiger partial charge in [0.1, 0.15) is 0 Å². The van der Waals surface area contributed by atoms with Crippen molar-refractivity contribution in [2.24, 2.45) is 0 Å². The number of carbonyl (C=O) groups excluding carboxylic acids is 1. The first-order chi connectivity index (χ1) is 10.5. The van der Waals surface area contributed by atoms with E-state index in [1.165, 1.54) is 5.56 Å². The zero-order valence-corrected chi connectivity index (χ0v) is 14.2. The minimum atomic E-state index is 0.236. The molecule has 2 rings (SSSR count). The maximum absolute atomic E-state index is 12.6. The smallest absolute Gasteiger partial charge is 0.227 e. The Kier molecular flexibility index (Phi) is 5.98. The highest BCUT2D eigenvalue weighted by Crippen LogP contribution is 2.17. The number of benzene rings is 1. The van der Waals surface area contributed by atoms with Gasteiger partial charge in [0.05, 0.1) is 13.0 Å². The van der Waals surface area contributed by atoms with E-state index in [2.05, 4.69) is 37.8 Å². The number of piperazine rings is 1. The van der Waals surface area contributed by atoms with E-state index >= 15 is 0 Å². The Bertz CT molecular complexity index is 492. The van der Waals surface area contributed by atoms with Crippen LogP contribution in [0.25, 0.3) is 0 Å². The summed E-state index contributed by atoms with van der Waals surface area (Å²) in [5.74, 6) is 0.236. The predicted molar refractivity (Wildman–Crippen MR) is 89.0 cm³/mol. The van der Waals surface area contributed by atoms with Crippen LogP contribution in [0.5, 0.6) is 0 Å². The fourth-order valence-corrected chi connectivity index (χ4v) is 3.28. The highest BCUT2D eigenvalue weighted by molar-refractivity contribution is 5.79. The summed E-state index contributed by atoms with van der Waals surface area (Å²) in [7, 11) is 1.73. The summed E-state index contributed by atoms with van der Waals surface area (Å²) in [6.45, 7) is 9.73. The molecule has 0 aromatic heterocycles. The van der Waals surface area contributed by atoms with E-state index in [9.17, 15) is 4.79 Å². The lowest BCUT2D eigenvalue weighted by Crippen LogP contribution is -2.58. The zero-order valence-electron chi connectivity index (χ0n) is 14.2. The fourth-order valence-electron chi connectivity index (χ4n) is 3.28. The molecule has 4 heteroatoms. The molecule has 1 saturated heterocycles. The maximum atomic E-state index is 12.6. The molecule has 1 aromatic carbocycles. The highest BCUT2D eigenvalue weighted by atomic mass is 16.5. The van der Waals surface area contributed by atoms with Gasteiger partial charge in [-0.3, -0.25) is 9.69 Å². The number of amides is 1. The first-order valence-corrected chi connectivity index (χ1v) is 8.10. The number of aryl methyl sites for hydroxylation is 1. The normalized spacial score (nSPS) is 22.8. The number of rotatable bonds is 5. The second-order valence-corrected chi connectivity index (χ2v) is 6.33. The van der Waals surface area contributed by atoms with Gasteiger partial charge in [0.25, 0.3) is 0 Å². The van der Waals surface area contributed by atoms with Crippen molar-refractivity contribution in [1.29, 1.82) is 0 Å². The SMILES string of the molecule is COCCN1C(C)CN(C(=O)Cc2ccccc2C)CC1C. The van der Waals surface area contributed by atoms with E-state index in [4.69, 9.17) is 4.74 Å². The zero-order chi connectivity index (χ0) is 16.1. The van der Waals surface area contributed by atoms with Gasteiger partial charge in [0, 0.05) is 38.8 Å². The molecule has 1 heterocycles. The predicted octanol–water partition coefficient (Wildman–Crippen LogP) is 2.11. The quantitative estimate of drug-likeness (QED) is 0.835. The largest absolute Gasteiger partial charge is 0.383 e. The first-order valence-electron chi connectivity index (χ1n) is 8.10. The summed E-state index contributed by atoms with van der Waals surface area (Å²) >= 11 is 0. The van der Waals surface area contributed by atoms with E-state index in [-0.39, 0.29) is 5.91 Å². The van der Waals surface area contributed by atoms with Crippen molar-refractivity contribution in [3.8, 4) is 0 Å². The van der Waals surface area contributed by atoms with Crippen molar-refractivity contribution < 1.29 is 9.53 Å². The molecule has 122 valence electrons. The summed E-state index contributed by atoms with van der Waals surface area (Å²) in [6, 6.07) is 8.89. The third-order valence-corrected chi connectivity index (χ3v) is 4.61. The molecule has 1 aliphatic rings. The van der Waals surface area contributed by atoms with Gasteiger partial charge in [-0.05, 0) is 31.9 Å². The molecule has 0 bridgehead atoms. The van der Waals surface area contributed by atoms with Crippen molar-refractivity contribution >= 4 is 5.91 Å². The molecule has 0 radical (unpaired) electrons. The van der Waals surface area contributed by atoms with Crippen molar-refractivity contribution in [3.05, 3.63) is 35.4 Å². The molecule has 0 saturated carbocycles. The van der Waals surface area contributed by atoms with Crippen molar-refractivity contribution in [2.45, 2.75) is 39.3 Å². The number of nitrogens with zero attached hydrogens (tertiary/aromatic N) is 2. The number of hydrogen-bond acceptors (Lipinski definition) is 3. The summed E-state index contributed by atoms with van der Waals surface area (Å²) < 4.78 is 5.19. The lowest BCUT2D eigenvalue weighted by atomic mass is 10.0. The van der Waals surface area contributed by atoms with E-state index in [1.54, 1.807) is 7.11 Å². The van der Waals surface area contributed by atoms with Crippen LogP contribution in [0.3, 0.4) is 0 Å². The Labute approximate surface area is 134 Å². The Balaban J connectivity index is 1.96. The average molecular weight is 304 g/mol. The minimum absolute atomic E-state index is 0.236. The first kappa shape index (κ1) is 17.0. The van der Waals surface area contributed by atoms with E-state index < -0.39 is 0 Å². The number of ether oxygens (including phenoxy) is 1. The topological polar surface area (TPSA) is 32.8 Å². The highest BCUT2D eigenvalue weighted by Gasteiger charge is 2.31. The van der Waals surface area contributed by atoms with Crippen molar-refractivity contribution in [3.63, 3.8) is 0 Å². The molecule has 1 aliphatic heterocycles. The van der Waals surface area contributed by atoms with Crippen molar-refractivity contribution in [1.82, 2.24) is 9.80 Å². The van der Waals surface area contributed by atoms with Crippen LogP contribution in [-0.4, -0.2) is 61.1 Å². The van der Waals surface area contributed by atoms with Gasteiger partial charge >= 0.3 is 0 Å². The molecule has 0 N–H and O–H groups in total. The Morgan fingerprint density at radius 1 is 1.23 bits per heavy atom. The summed E-state index contributed by atoms with van der Waals surface area (Å²) in [6.07, 6.45) is 0.504. The van der Waals surface area contributed by atoms with Gasteiger partial charge in [-0.25, -0.2) is 0 Å². The maximum Gasteiger partial charge on any atom is 0.227 e. The molecule has 1 fully saturated rings. The number of methoxy groups -OCH3 is 1. The van der Waals surface area contributed by atoms with E-state index in [0.29, 0.717) is 18.5 Å². The molecule has 0 aliphatic carbocycles. The third-order valence-electron chi connectivity index (χ3n) is 4.61. The fraction of sp³-hybridized carbons (Fsp3) is 0.611. The van der Waals surface area contributed by atoms with Crippen molar-refractivity contribution in [2.75, 3.05) is 33.4 Å². The second-order valence-electron chi connectivity index (χ2n) is 6.33. The Hall–Kier alpha value is -1.39. The Morgan fingerprint density at radius 3 is 2.45 bits per heavy atom. The monoisotopic (exact) mass is 304 g/mol. The van der Waals surface area contributed by atoms with Gasteiger partial charge in [0.15, 0.2) is 0 Å². The Morgan fingerprint density at radius 2 is 1.86 bits per heavy atom. The van der Waals surface area contributed by atoms with Crippen LogP contribution in [0.2, 0.25) is 0 Å². The van der Waals surface area contributed by atoms with E-state index in [0.717, 1.165) is 31.8 Å². The van der Waals surface area contributed by atoms with Gasteiger partial charge in [-0.2, -0.15) is 0 Å². The molecular weight excluding hydrogens is 276 g/mol. The van der Waals surface area contributed by atoms with Gasteiger partial charge in [-0.1, -0.05) is 24.3 Å². The molecule has 0 spiro atoms. The molecule has 1 aromatic rings. The van der Waals surface area contributed by atoms with Crippen LogP contribution in [0, 0.1) is 6.92 Å². The standard InChI is InChI=1S/C18H28N2O2/c1-14-7-5-6-8-17(14)11-18(21)19-12-15(2)20(9-10-22-4)16(3)13-19/h5-8,15-16H,9-13H2,1-4H3. The minimum Gasteiger partial charge on any atom is -0.383 e. The summed E-state index contributed by atoms with van der Waals surface area (Å²) in [5, 5.41) is 0. The number of carbonyl (C=O) groups is 1. The van der Waals surface area contributed by atoms with Gasteiger partial charge in [-0.15, -0.1) is 0 Å². The molecular formula is C18H28N2O2. The van der Waals surface area contributed by atoms with E-state index in [1.807, 2.05) is 17.0 Å². The van der Waals surface area contributed by atoms with Crippen LogP contribution in [0.15, 0.2) is 24.3 Å². The molecule has 22 heavy (non-hydrogen) atoms. The van der Waals surface area contributed by atoms with Crippen LogP contribution in [0.1, 0.15) is 25.0 Å². The molecule has 1 amide bonds. The van der Waals surface area contributed by atoms with Gasteiger partial charge in [0.2, 0.25) is 5.91 Å². The molecule has 4 nitrogen and oxygen atoms in total. The molecule has 2 unspecified atom stereocenters. The lowest BCUT2D eigenvalue weighted by Gasteiger charge is -2.44. The van der Waals surface area contributed by atoms with Crippen LogP contribution in [-0.2, 0) is 16.0 Å². The summed E-state index contributed by atoms with van der Waals surface area (Å²) in [4.78, 5) is 17.1. The lowest BCUT2D eigenvalue weighted by molar-refractivity contribution is -0.135. The van der Waals surface area contributed by atoms with Crippen LogP contribution in [0.4, 0.5) is 0 Å². The van der Waals surface area contributed by atoms with Crippen LogP contribution < -0.4 is 0 Å². The third kappa shape index (κ3) is 4.08. The molecule has 2 atom stereocenters. The second kappa shape index (κ2) is 7.75. The van der Waals surface area contributed by atoms with Gasteiger partial charge < -0.3 is 9.64 Å².